The monoisotopic (exact) mass is 846 g/mol. The molecular weight excluding hydrogens is 759 g/mol. The zero-order valence-corrected chi connectivity index (χ0v) is 37.4. The van der Waals surface area contributed by atoms with E-state index < -0.39 is 0 Å². The van der Waals surface area contributed by atoms with Gasteiger partial charge >= 0.3 is 0 Å². The molecule has 0 aliphatic heterocycles. The van der Waals surface area contributed by atoms with Gasteiger partial charge in [0.1, 0.15) is 12.4 Å². The lowest BCUT2D eigenvalue weighted by Crippen LogP contribution is -2.15. The van der Waals surface area contributed by atoms with Crippen LogP contribution in [0.1, 0.15) is 110 Å². The molecule has 0 atom stereocenters. The lowest BCUT2D eigenvalue weighted by atomic mass is 10.0. The van der Waals surface area contributed by atoms with Crippen LogP contribution in [0.4, 0.5) is 5.69 Å². The summed E-state index contributed by atoms with van der Waals surface area (Å²) in [4.78, 5) is 0. The van der Waals surface area contributed by atoms with Crippen LogP contribution in [0.3, 0.4) is 0 Å². The number of hydrogen-bond acceptors (Lipinski definition) is 13. The fourth-order valence-electron chi connectivity index (χ4n) is 5.88. The minimum Gasteiger partial charge on any atom is -0.489 e. The number of para-hydroxylation sites is 2. The minimum atomic E-state index is 0.440. The predicted molar refractivity (Wildman–Crippen MR) is 235 cm³/mol. The van der Waals surface area contributed by atoms with Crippen LogP contribution in [0.2, 0.25) is 0 Å². The first-order valence-electron chi connectivity index (χ1n) is 23.2. The lowest BCUT2D eigenvalue weighted by Gasteiger charge is -2.10. The quantitative estimate of drug-likeness (QED) is 0.0500. The van der Waals surface area contributed by atoms with E-state index in [9.17, 15) is 0 Å². The van der Waals surface area contributed by atoms with Crippen molar-refractivity contribution in [2.45, 2.75) is 110 Å². The summed E-state index contributed by atoms with van der Waals surface area (Å²) in [5.74, 6) is 0.671. The van der Waals surface area contributed by atoms with Gasteiger partial charge in [0.2, 0.25) is 0 Å². The normalized spacial score (nSPS) is 11.5. The van der Waals surface area contributed by atoms with Crippen molar-refractivity contribution in [1.82, 2.24) is 0 Å². The Morgan fingerprint density at radius 3 is 0.814 bits per heavy atom. The molecule has 0 aliphatic carbocycles. The second-order valence-corrected chi connectivity index (χ2v) is 14.4. The van der Waals surface area contributed by atoms with E-state index in [1.54, 1.807) is 6.07 Å². The Morgan fingerprint density at radius 2 is 0.525 bits per heavy atom. The zero-order chi connectivity index (χ0) is 42.0. The van der Waals surface area contributed by atoms with Gasteiger partial charge in [-0.3, -0.25) is 0 Å². The Hall–Kier alpha value is -1.62. The average Bonchev–Trinajstić information content (AvgIpc) is 3.25. The lowest BCUT2D eigenvalue weighted by molar-refractivity contribution is -0.0277. The number of benzene rings is 1. The molecule has 0 heterocycles. The van der Waals surface area contributed by atoms with E-state index in [-0.39, 0.29) is 0 Å². The van der Waals surface area contributed by atoms with Crippen molar-refractivity contribution in [1.29, 1.82) is 0 Å². The SMILES string of the molecule is CCCCCCCCCCCCCCCCCCOCCOCCOCCOCCOCCOCCOCCOCCOCCOCCOCCOc1ccccc1N. The fraction of sp³-hybridized carbons (Fsp3) is 0.870. The van der Waals surface area contributed by atoms with Gasteiger partial charge in [0.25, 0.3) is 0 Å². The summed E-state index contributed by atoms with van der Waals surface area (Å²) in [6.45, 7) is 14.6. The minimum absolute atomic E-state index is 0.440. The molecule has 0 fully saturated rings. The molecule has 1 aromatic rings. The molecular formula is C46H87NO12. The van der Waals surface area contributed by atoms with Gasteiger partial charge in [-0.15, -0.1) is 0 Å². The number of anilines is 1. The topological polar surface area (TPSA) is 137 Å². The summed E-state index contributed by atoms with van der Waals surface area (Å²) in [6.07, 6.45) is 22.2. The molecule has 59 heavy (non-hydrogen) atoms. The van der Waals surface area contributed by atoms with Crippen LogP contribution in [0.5, 0.6) is 5.75 Å². The molecule has 1 rings (SSSR count). The fourth-order valence-corrected chi connectivity index (χ4v) is 5.88. The first-order valence-corrected chi connectivity index (χ1v) is 23.2. The highest BCUT2D eigenvalue weighted by atomic mass is 16.6. The highest BCUT2D eigenvalue weighted by molar-refractivity contribution is 5.51. The summed E-state index contributed by atoms with van der Waals surface area (Å²) >= 11 is 0. The molecule has 2 N–H and O–H groups in total. The molecule has 0 saturated carbocycles. The van der Waals surface area contributed by atoms with Gasteiger partial charge in [-0.25, -0.2) is 0 Å². The Balaban J connectivity index is 1.60. The summed E-state index contributed by atoms with van der Waals surface area (Å²) < 4.78 is 66.5. The highest BCUT2D eigenvalue weighted by Gasteiger charge is 2.00. The summed E-state index contributed by atoms with van der Waals surface area (Å²) in [7, 11) is 0. The smallest absolute Gasteiger partial charge is 0.142 e. The van der Waals surface area contributed by atoms with E-state index in [4.69, 9.17) is 62.6 Å². The number of rotatable bonds is 51. The maximum Gasteiger partial charge on any atom is 0.142 e. The second-order valence-electron chi connectivity index (χ2n) is 14.4. The Labute approximate surface area is 359 Å². The van der Waals surface area contributed by atoms with Crippen molar-refractivity contribution < 1.29 is 56.8 Å². The van der Waals surface area contributed by atoms with E-state index in [0.717, 1.165) is 13.0 Å². The molecule has 0 amide bonds. The molecule has 13 nitrogen and oxygen atoms in total. The van der Waals surface area contributed by atoms with E-state index in [1.807, 2.05) is 18.2 Å². The Bertz CT molecular complexity index is 934. The largest absolute Gasteiger partial charge is 0.489 e. The number of nitrogens with two attached hydrogens (primary N) is 1. The number of ether oxygens (including phenoxy) is 12. The van der Waals surface area contributed by atoms with Crippen LogP contribution < -0.4 is 10.5 Å². The van der Waals surface area contributed by atoms with Gasteiger partial charge in [-0.2, -0.15) is 0 Å². The van der Waals surface area contributed by atoms with E-state index in [1.165, 1.54) is 96.3 Å². The summed E-state index contributed by atoms with van der Waals surface area (Å²) in [5.41, 5.74) is 6.45. The first kappa shape index (κ1) is 55.4. The molecule has 1 aromatic carbocycles. The molecule has 0 unspecified atom stereocenters. The average molecular weight is 846 g/mol. The van der Waals surface area contributed by atoms with Crippen molar-refractivity contribution >= 4 is 5.69 Å². The third kappa shape index (κ3) is 44.3. The molecule has 0 aliphatic rings. The van der Waals surface area contributed by atoms with Gasteiger partial charge in [-0.1, -0.05) is 115 Å². The maximum atomic E-state index is 5.83. The van der Waals surface area contributed by atoms with Crippen molar-refractivity contribution in [3.05, 3.63) is 24.3 Å². The molecule has 13 heteroatoms. The molecule has 0 saturated heterocycles. The van der Waals surface area contributed by atoms with Crippen LogP contribution in [0.25, 0.3) is 0 Å². The number of nitrogen functional groups attached to an aromatic ring is 1. The molecule has 0 spiro atoms. The highest BCUT2D eigenvalue weighted by Crippen LogP contribution is 2.19. The second kappa shape index (κ2) is 49.0. The van der Waals surface area contributed by atoms with Gasteiger partial charge in [0, 0.05) is 6.61 Å². The van der Waals surface area contributed by atoms with Crippen molar-refractivity contribution in [3.63, 3.8) is 0 Å². The zero-order valence-electron chi connectivity index (χ0n) is 37.4. The predicted octanol–water partition coefficient (Wildman–Crippen LogP) is 8.09. The third-order valence-electron chi connectivity index (χ3n) is 9.27. The standard InChI is InChI=1S/C46H87NO12/c1-2-3-4-5-6-7-8-9-10-11-12-13-14-15-16-19-22-48-23-24-49-25-26-50-27-28-51-29-30-52-31-32-53-33-34-54-35-36-55-37-38-56-39-40-57-41-42-58-43-44-59-46-21-18-17-20-45(46)47/h17-18,20-21H,2-16,19,22-44,47H2,1H3. The number of hydrogen-bond donors (Lipinski definition) is 1. The van der Waals surface area contributed by atoms with Gasteiger partial charge in [-0.05, 0) is 18.6 Å². The molecule has 0 radical (unpaired) electrons. The Morgan fingerprint density at radius 1 is 0.288 bits per heavy atom. The van der Waals surface area contributed by atoms with Crippen LogP contribution in [-0.2, 0) is 52.1 Å². The van der Waals surface area contributed by atoms with Gasteiger partial charge in [0.05, 0.1) is 144 Å². The van der Waals surface area contributed by atoms with Gasteiger partial charge < -0.3 is 62.6 Å². The summed E-state index contributed by atoms with van der Waals surface area (Å²) in [5, 5.41) is 0. The molecule has 0 bridgehead atoms. The van der Waals surface area contributed by atoms with Crippen LogP contribution in [0.15, 0.2) is 24.3 Å². The van der Waals surface area contributed by atoms with Crippen molar-refractivity contribution in [2.75, 3.05) is 158 Å². The van der Waals surface area contributed by atoms with E-state index in [2.05, 4.69) is 6.92 Å². The first-order chi connectivity index (χ1) is 29.3. The van der Waals surface area contributed by atoms with Crippen molar-refractivity contribution in [2.24, 2.45) is 0 Å². The molecule has 348 valence electrons. The third-order valence-corrected chi connectivity index (χ3v) is 9.27. The summed E-state index contributed by atoms with van der Waals surface area (Å²) in [6, 6.07) is 7.40. The van der Waals surface area contributed by atoms with Crippen LogP contribution in [0, 0.1) is 0 Å². The van der Waals surface area contributed by atoms with Crippen molar-refractivity contribution in [3.8, 4) is 5.75 Å². The maximum absolute atomic E-state index is 5.83. The van der Waals surface area contributed by atoms with Crippen LogP contribution >= 0.6 is 0 Å². The van der Waals surface area contributed by atoms with Gasteiger partial charge in [0.15, 0.2) is 0 Å². The van der Waals surface area contributed by atoms with E-state index in [0.29, 0.717) is 157 Å². The van der Waals surface area contributed by atoms with E-state index >= 15 is 0 Å². The molecule has 0 aromatic heterocycles. The van der Waals surface area contributed by atoms with Crippen LogP contribution in [-0.4, -0.2) is 152 Å². The Kier molecular flexibility index (Phi) is 46.0. The number of unbranched alkanes of at least 4 members (excludes halogenated alkanes) is 15.